The third kappa shape index (κ3) is 1.86. The first-order chi connectivity index (χ1) is 8.04. The third-order valence-corrected chi connectivity index (χ3v) is 2.78. The average molecular weight is 235 g/mol. The molecule has 2 heterocycles. The molecule has 0 fully saturated rings. The molecule has 0 bridgehead atoms. The van der Waals surface area contributed by atoms with Crippen LogP contribution in [0.1, 0.15) is 13.8 Å². The van der Waals surface area contributed by atoms with Gasteiger partial charge in [-0.2, -0.15) is 4.98 Å². The summed E-state index contributed by atoms with van der Waals surface area (Å²) in [4.78, 5) is 22.6. The largest absolute Gasteiger partial charge is 0.369 e. The van der Waals surface area contributed by atoms with Gasteiger partial charge < -0.3 is 15.5 Å². The topological polar surface area (TPSA) is 78.2 Å². The highest BCUT2D eigenvalue weighted by Crippen LogP contribution is 2.32. The van der Waals surface area contributed by atoms with E-state index >= 15 is 0 Å². The van der Waals surface area contributed by atoms with Crippen LogP contribution in [-0.4, -0.2) is 29.2 Å². The van der Waals surface area contributed by atoms with Crippen molar-refractivity contribution in [3.63, 3.8) is 0 Å². The molecule has 0 saturated carbocycles. The third-order valence-electron chi connectivity index (χ3n) is 2.78. The summed E-state index contributed by atoms with van der Waals surface area (Å²) < 4.78 is 0. The van der Waals surface area contributed by atoms with E-state index in [1.54, 1.807) is 6.08 Å². The zero-order valence-corrected chi connectivity index (χ0v) is 10.1. The lowest BCUT2D eigenvalue weighted by Gasteiger charge is -2.23. The molecule has 0 amide bonds. The number of H-pyrrole nitrogens is 1. The molecular weight excluding hydrogens is 218 g/mol. The molecule has 17 heavy (non-hydrogen) atoms. The number of rotatable bonds is 3. The van der Waals surface area contributed by atoms with Gasteiger partial charge in [0.25, 0.3) is 5.56 Å². The van der Waals surface area contributed by atoms with E-state index in [9.17, 15) is 4.79 Å². The first-order valence-electron chi connectivity index (χ1n) is 5.57. The molecule has 6 nitrogen and oxygen atoms in total. The predicted octanol–water partition coefficient (Wildman–Crippen LogP) is 0.530. The lowest BCUT2D eigenvalue weighted by molar-refractivity contribution is 0.688. The van der Waals surface area contributed by atoms with E-state index in [1.807, 2.05) is 9.80 Å². The quantitative estimate of drug-likeness (QED) is 0.747. The van der Waals surface area contributed by atoms with E-state index in [-0.39, 0.29) is 17.5 Å². The second kappa shape index (κ2) is 4.12. The monoisotopic (exact) mass is 235 g/mol. The second-order valence-corrected chi connectivity index (χ2v) is 4.34. The Morgan fingerprint density at radius 2 is 2.35 bits per heavy atom. The van der Waals surface area contributed by atoms with Gasteiger partial charge in [0, 0.05) is 12.6 Å². The molecule has 0 spiro atoms. The average Bonchev–Trinajstić information content (AvgIpc) is 2.57. The molecule has 1 aliphatic heterocycles. The van der Waals surface area contributed by atoms with Crippen LogP contribution in [0, 0.1) is 0 Å². The van der Waals surface area contributed by atoms with Crippen LogP contribution in [0.25, 0.3) is 0 Å². The molecule has 1 aliphatic rings. The molecule has 2 rings (SSSR count). The maximum atomic E-state index is 11.9. The van der Waals surface area contributed by atoms with Gasteiger partial charge in [-0.05, 0) is 13.8 Å². The van der Waals surface area contributed by atoms with Crippen molar-refractivity contribution in [3.05, 3.63) is 23.0 Å². The standard InChI is InChI=1S/C11H17N5O/c1-4-5-15-6-16(7(2)3)9-8(15)10(17)14-11(12)13-9/h4,7H,1,5-6H2,2-3H3,(H3,12,13,14,17). The normalized spacial score (nSPS) is 14.3. The fourth-order valence-electron chi connectivity index (χ4n) is 1.99. The number of nitrogens with zero attached hydrogens (tertiary/aromatic N) is 3. The molecule has 1 aromatic heterocycles. The summed E-state index contributed by atoms with van der Waals surface area (Å²) in [6.07, 6.45) is 1.77. The Morgan fingerprint density at radius 3 is 2.94 bits per heavy atom. The van der Waals surface area contributed by atoms with Crippen molar-refractivity contribution in [2.24, 2.45) is 0 Å². The Labute approximate surface area is 99.8 Å². The highest BCUT2D eigenvalue weighted by Gasteiger charge is 2.31. The van der Waals surface area contributed by atoms with Crippen LogP contribution in [0.15, 0.2) is 17.4 Å². The molecule has 0 unspecified atom stereocenters. The Balaban J connectivity index is 2.54. The molecule has 0 atom stereocenters. The van der Waals surface area contributed by atoms with Crippen molar-refractivity contribution in [1.82, 2.24) is 9.97 Å². The van der Waals surface area contributed by atoms with Crippen molar-refractivity contribution in [1.29, 1.82) is 0 Å². The Kier molecular flexibility index (Phi) is 2.79. The number of hydrogen-bond donors (Lipinski definition) is 2. The first-order valence-corrected chi connectivity index (χ1v) is 5.57. The minimum Gasteiger partial charge on any atom is -0.369 e. The van der Waals surface area contributed by atoms with Gasteiger partial charge in [0.2, 0.25) is 5.95 Å². The number of aromatic amines is 1. The van der Waals surface area contributed by atoms with E-state index in [0.29, 0.717) is 24.7 Å². The molecule has 6 heteroatoms. The van der Waals surface area contributed by atoms with Crippen LogP contribution < -0.4 is 21.1 Å². The molecule has 0 aromatic carbocycles. The maximum absolute atomic E-state index is 11.9. The van der Waals surface area contributed by atoms with Crippen LogP contribution in [-0.2, 0) is 0 Å². The van der Waals surface area contributed by atoms with Crippen LogP contribution >= 0.6 is 0 Å². The number of fused-ring (bicyclic) bond motifs is 1. The summed E-state index contributed by atoms with van der Waals surface area (Å²) in [7, 11) is 0. The number of nitrogens with two attached hydrogens (primary N) is 1. The Bertz CT molecular complexity index is 493. The van der Waals surface area contributed by atoms with Crippen molar-refractivity contribution in [3.8, 4) is 0 Å². The van der Waals surface area contributed by atoms with Crippen LogP contribution in [0.5, 0.6) is 0 Å². The highest BCUT2D eigenvalue weighted by molar-refractivity contribution is 5.73. The minimum atomic E-state index is -0.197. The number of hydrogen-bond acceptors (Lipinski definition) is 5. The molecule has 1 aromatic rings. The van der Waals surface area contributed by atoms with E-state index < -0.39 is 0 Å². The molecule has 0 radical (unpaired) electrons. The molecule has 0 saturated heterocycles. The molecule has 92 valence electrons. The summed E-state index contributed by atoms with van der Waals surface area (Å²) in [6.45, 7) is 9.06. The number of aromatic nitrogens is 2. The second-order valence-electron chi connectivity index (χ2n) is 4.34. The summed E-state index contributed by atoms with van der Waals surface area (Å²) in [5, 5.41) is 0. The van der Waals surface area contributed by atoms with E-state index in [0.717, 1.165) is 0 Å². The van der Waals surface area contributed by atoms with Crippen LogP contribution in [0.4, 0.5) is 17.5 Å². The van der Waals surface area contributed by atoms with E-state index in [1.165, 1.54) is 0 Å². The van der Waals surface area contributed by atoms with Crippen LogP contribution in [0.3, 0.4) is 0 Å². The van der Waals surface area contributed by atoms with Crippen molar-refractivity contribution in [2.45, 2.75) is 19.9 Å². The van der Waals surface area contributed by atoms with Gasteiger partial charge in [-0.1, -0.05) is 6.08 Å². The van der Waals surface area contributed by atoms with Gasteiger partial charge >= 0.3 is 0 Å². The molecule has 3 N–H and O–H groups in total. The summed E-state index contributed by atoms with van der Waals surface area (Å²) in [6, 6.07) is 0.261. The minimum absolute atomic E-state index is 0.153. The predicted molar refractivity (Wildman–Crippen MR) is 69.3 cm³/mol. The SMILES string of the molecule is C=CCN1CN(C(C)C)c2nc(N)[nH]c(=O)c21. The molecular formula is C11H17N5O. The number of nitrogen functional groups attached to an aromatic ring is 1. The summed E-state index contributed by atoms with van der Waals surface area (Å²) in [5.74, 6) is 0.808. The van der Waals surface area contributed by atoms with E-state index in [2.05, 4.69) is 30.4 Å². The van der Waals surface area contributed by atoms with Gasteiger partial charge in [0.05, 0.1) is 6.67 Å². The highest BCUT2D eigenvalue weighted by atomic mass is 16.1. The van der Waals surface area contributed by atoms with Crippen molar-refractivity contribution >= 4 is 17.5 Å². The maximum Gasteiger partial charge on any atom is 0.278 e. The molecule has 0 aliphatic carbocycles. The van der Waals surface area contributed by atoms with Gasteiger partial charge in [-0.25, -0.2) is 0 Å². The number of anilines is 3. The Hall–Kier alpha value is -1.98. The zero-order chi connectivity index (χ0) is 12.6. The zero-order valence-electron chi connectivity index (χ0n) is 10.1. The fraction of sp³-hybridized carbons (Fsp3) is 0.455. The lowest BCUT2D eigenvalue weighted by atomic mass is 10.3. The Morgan fingerprint density at radius 1 is 1.65 bits per heavy atom. The smallest absolute Gasteiger partial charge is 0.278 e. The van der Waals surface area contributed by atoms with Gasteiger partial charge in [-0.3, -0.25) is 9.78 Å². The lowest BCUT2D eigenvalue weighted by Crippen LogP contribution is -2.36. The van der Waals surface area contributed by atoms with Crippen LogP contribution in [0.2, 0.25) is 0 Å². The fourth-order valence-corrected chi connectivity index (χ4v) is 1.99. The number of nitrogens with one attached hydrogen (secondary N) is 1. The van der Waals surface area contributed by atoms with Crippen molar-refractivity contribution < 1.29 is 0 Å². The van der Waals surface area contributed by atoms with Crippen molar-refractivity contribution in [2.75, 3.05) is 28.7 Å². The first kappa shape index (κ1) is 11.5. The summed E-state index contributed by atoms with van der Waals surface area (Å²) in [5.41, 5.74) is 5.96. The van der Waals surface area contributed by atoms with Gasteiger partial charge in [0.15, 0.2) is 5.82 Å². The van der Waals surface area contributed by atoms with Gasteiger partial charge in [0.1, 0.15) is 5.69 Å². The summed E-state index contributed by atoms with van der Waals surface area (Å²) >= 11 is 0. The van der Waals surface area contributed by atoms with E-state index in [4.69, 9.17) is 5.73 Å². The van der Waals surface area contributed by atoms with Gasteiger partial charge in [-0.15, -0.1) is 6.58 Å².